The first kappa shape index (κ1) is 17.5. The van der Waals surface area contributed by atoms with Crippen molar-refractivity contribution in [2.24, 2.45) is 0 Å². The van der Waals surface area contributed by atoms with Crippen LogP contribution in [0.1, 0.15) is 48.2 Å². The summed E-state index contributed by atoms with van der Waals surface area (Å²) in [6.07, 6.45) is 4.26. The number of carbonyl (C=O) groups is 1. The second-order valence-corrected chi connectivity index (χ2v) is 7.22. The Labute approximate surface area is 152 Å². The second kappa shape index (κ2) is 8.17. The Kier molecular flexibility index (Phi) is 5.72. The lowest BCUT2D eigenvalue weighted by Crippen LogP contribution is -2.28. The van der Waals surface area contributed by atoms with Gasteiger partial charge in [0.25, 0.3) is 0 Å². The zero-order valence-corrected chi connectivity index (χ0v) is 15.1. The maximum atomic E-state index is 12.2. The van der Waals surface area contributed by atoms with Crippen LogP contribution in [0, 0.1) is 11.3 Å². The minimum Gasteiger partial charge on any atom is -0.349 e. The van der Waals surface area contributed by atoms with Crippen molar-refractivity contribution in [1.82, 2.24) is 10.3 Å². The molecular formula is C20H21N3OS. The summed E-state index contributed by atoms with van der Waals surface area (Å²) in [5.74, 6) is 0.210. The van der Waals surface area contributed by atoms with E-state index in [1.165, 1.54) is 17.3 Å². The van der Waals surface area contributed by atoms with Crippen LogP contribution in [-0.2, 0) is 17.6 Å². The molecule has 1 heterocycles. The number of aromatic nitrogens is 1. The van der Waals surface area contributed by atoms with Crippen molar-refractivity contribution in [1.29, 1.82) is 5.26 Å². The molecule has 0 radical (unpaired) electrons. The Balaban J connectivity index is 1.63. The number of thioether (sulfide) groups is 1. The number of aryl methyl sites for hydroxylation is 2. The number of pyridine rings is 1. The molecule has 4 nitrogen and oxygen atoms in total. The molecule has 1 atom stereocenters. The van der Waals surface area contributed by atoms with E-state index in [-0.39, 0.29) is 17.7 Å². The van der Waals surface area contributed by atoms with Gasteiger partial charge in [-0.3, -0.25) is 4.79 Å². The molecule has 0 saturated heterocycles. The third-order valence-electron chi connectivity index (χ3n) is 4.40. The van der Waals surface area contributed by atoms with Gasteiger partial charge in [-0.15, -0.1) is 0 Å². The molecule has 0 saturated carbocycles. The summed E-state index contributed by atoms with van der Waals surface area (Å²) in [6.45, 7) is 1.97. The third-order valence-corrected chi connectivity index (χ3v) is 5.39. The van der Waals surface area contributed by atoms with Crippen molar-refractivity contribution in [2.75, 3.05) is 5.75 Å². The molecule has 25 heavy (non-hydrogen) atoms. The van der Waals surface area contributed by atoms with Gasteiger partial charge in [-0.05, 0) is 49.8 Å². The number of benzene rings is 1. The minimum atomic E-state index is -0.0511. The fourth-order valence-corrected chi connectivity index (χ4v) is 3.83. The van der Waals surface area contributed by atoms with Crippen LogP contribution < -0.4 is 5.32 Å². The molecule has 1 N–H and O–H groups in total. The standard InChI is InChI=1S/C20H21N3OS/c1-14(15-7-3-2-4-8-15)22-19(24)13-25-20-17(12-21)11-16-9-5-6-10-18(16)23-20/h2-4,7-8,11,14H,5-6,9-10,13H2,1H3,(H,22,24)/t14-/m1/s1. The molecule has 128 valence electrons. The summed E-state index contributed by atoms with van der Waals surface area (Å²) in [5.41, 5.74) is 3.93. The predicted octanol–water partition coefficient (Wildman–Crippen LogP) is 3.80. The number of rotatable bonds is 5. The number of carbonyl (C=O) groups excluding carboxylic acids is 1. The molecule has 1 aromatic heterocycles. The summed E-state index contributed by atoms with van der Waals surface area (Å²) in [7, 11) is 0. The lowest BCUT2D eigenvalue weighted by Gasteiger charge is -2.17. The Morgan fingerprint density at radius 3 is 2.84 bits per heavy atom. The Hall–Kier alpha value is -2.32. The van der Waals surface area contributed by atoms with Gasteiger partial charge >= 0.3 is 0 Å². The van der Waals surface area contributed by atoms with Crippen LogP contribution >= 0.6 is 11.8 Å². The first-order valence-corrected chi connectivity index (χ1v) is 9.56. The molecule has 3 rings (SSSR count). The highest BCUT2D eigenvalue weighted by atomic mass is 32.2. The van der Waals surface area contributed by atoms with Gasteiger partial charge < -0.3 is 5.32 Å². The van der Waals surface area contributed by atoms with Gasteiger partial charge in [-0.25, -0.2) is 4.98 Å². The summed E-state index contributed by atoms with van der Waals surface area (Å²) >= 11 is 1.34. The van der Waals surface area contributed by atoms with Crippen LogP contribution in [0.5, 0.6) is 0 Å². The van der Waals surface area contributed by atoms with Crippen molar-refractivity contribution >= 4 is 17.7 Å². The molecule has 1 aliphatic rings. The van der Waals surface area contributed by atoms with E-state index in [1.54, 1.807) is 0 Å². The molecule has 0 spiro atoms. The number of amides is 1. The number of fused-ring (bicyclic) bond motifs is 1. The normalized spacial score (nSPS) is 14.2. The zero-order chi connectivity index (χ0) is 17.6. The number of nitrogens with one attached hydrogen (secondary N) is 1. The molecule has 1 aromatic carbocycles. The van der Waals surface area contributed by atoms with Crippen LogP contribution in [0.2, 0.25) is 0 Å². The molecule has 0 unspecified atom stereocenters. The highest BCUT2D eigenvalue weighted by molar-refractivity contribution is 8.00. The van der Waals surface area contributed by atoms with Gasteiger partial charge in [0.05, 0.1) is 17.4 Å². The maximum absolute atomic E-state index is 12.2. The quantitative estimate of drug-likeness (QED) is 0.832. The maximum Gasteiger partial charge on any atom is 0.230 e. The Morgan fingerprint density at radius 2 is 2.08 bits per heavy atom. The van der Waals surface area contributed by atoms with Gasteiger partial charge in [-0.1, -0.05) is 42.1 Å². The third kappa shape index (κ3) is 4.40. The van der Waals surface area contributed by atoms with Crippen molar-refractivity contribution < 1.29 is 4.79 Å². The van der Waals surface area contributed by atoms with Gasteiger partial charge in [0.2, 0.25) is 5.91 Å². The van der Waals surface area contributed by atoms with Crippen molar-refractivity contribution in [3.05, 3.63) is 58.8 Å². The molecular weight excluding hydrogens is 330 g/mol. The number of nitrogens with zero attached hydrogens (tertiary/aromatic N) is 2. The Morgan fingerprint density at radius 1 is 1.32 bits per heavy atom. The average Bonchev–Trinajstić information content (AvgIpc) is 2.66. The number of hydrogen-bond acceptors (Lipinski definition) is 4. The lowest BCUT2D eigenvalue weighted by atomic mass is 9.95. The zero-order valence-electron chi connectivity index (χ0n) is 14.3. The summed E-state index contributed by atoms with van der Waals surface area (Å²) in [5, 5.41) is 13.0. The van der Waals surface area contributed by atoms with E-state index in [9.17, 15) is 10.1 Å². The molecule has 1 amide bonds. The molecule has 0 fully saturated rings. The highest BCUT2D eigenvalue weighted by Crippen LogP contribution is 2.27. The topological polar surface area (TPSA) is 65.8 Å². The van der Waals surface area contributed by atoms with Gasteiger partial charge in [0, 0.05) is 5.69 Å². The highest BCUT2D eigenvalue weighted by Gasteiger charge is 2.17. The van der Waals surface area contributed by atoms with Crippen LogP contribution in [-0.4, -0.2) is 16.6 Å². The second-order valence-electron chi connectivity index (χ2n) is 6.25. The molecule has 2 aromatic rings. The predicted molar refractivity (Wildman–Crippen MR) is 99.3 cm³/mol. The first-order chi connectivity index (χ1) is 12.2. The van der Waals surface area contributed by atoms with E-state index in [0.29, 0.717) is 10.6 Å². The minimum absolute atomic E-state index is 0.0405. The molecule has 0 bridgehead atoms. The smallest absolute Gasteiger partial charge is 0.230 e. The molecule has 0 aliphatic heterocycles. The molecule has 1 aliphatic carbocycles. The Bertz CT molecular complexity index is 799. The van der Waals surface area contributed by atoms with E-state index in [2.05, 4.69) is 16.4 Å². The fraction of sp³-hybridized carbons (Fsp3) is 0.350. The van der Waals surface area contributed by atoms with Crippen LogP contribution in [0.25, 0.3) is 0 Å². The van der Waals surface area contributed by atoms with Crippen LogP contribution in [0.15, 0.2) is 41.4 Å². The van der Waals surface area contributed by atoms with Gasteiger partial charge in [0.1, 0.15) is 11.1 Å². The number of nitriles is 1. The largest absolute Gasteiger partial charge is 0.349 e. The van der Waals surface area contributed by atoms with Crippen molar-refractivity contribution in [3.63, 3.8) is 0 Å². The van der Waals surface area contributed by atoms with Crippen molar-refractivity contribution in [3.8, 4) is 6.07 Å². The van der Waals surface area contributed by atoms with E-state index in [4.69, 9.17) is 0 Å². The van der Waals surface area contributed by atoms with Gasteiger partial charge in [0.15, 0.2) is 0 Å². The van der Waals surface area contributed by atoms with Crippen LogP contribution in [0.4, 0.5) is 0 Å². The van der Waals surface area contributed by atoms with E-state index in [0.717, 1.165) is 36.9 Å². The number of hydrogen-bond donors (Lipinski definition) is 1. The van der Waals surface area contributed by atoms with Crippen LogP contribution in [0.3, 0.4) is 0 Å². The van der Waals surface area contributed by atoms with Gasteiger partial charge in [-0.2, -0.15) is 5.26 Å². The van der Waals surface area contributed by atoms with E-state index in [1.807, 2.05) is 43.3 Å². The van der Waals surface area contributed by atoms with E-state index >= 15 is 0 Å². The summed E-state index contributed by atoms with van der Waals surface area (Å²) < 4.78 is 0. The monoisotopic (exact) mass is 351 g/mol. The van der Waals surface area contributed by atoms with E-state index < -0.39 is 0 Å². The summed E-state index contributed by atoms with van der Waals surface area (Å²) in [4.78, 5) is 16.9. The summed E-state index contributed by atoms with van der Waals surface area (Å²) in [6, 6.07) is 14.0. The first-order valence-electron chi connectivity index (χ1n) is 8.57. The lowest BCUT2D eigenvalue weighted by molar-refractivity contribution is -0.119. The molecule has 5 heteroatoms. The average molecular weight is 351 g/mol. The fourth-order valence-electron chi connectivity index (χ4n) is 3.05. The van der Waals surface area contributed by atoms with Crippen molar-refractivity contribution in [2.45, 2.75) is 43.7 Å². The SMILES string of the molecule is C[C@@H](NC(=O)CSc1nc2c(cc1C#N)CCCC2)c1ccccc1.